The van der Waals surface area contributed by atoms with Crippen molar-refractivity contribution in [3.8, 4) is 12.3 Å². The summed E-state index contributed by atoms with van der Waals surface area (Å²) in [5, 5.41) is 14.2. The molecule has 0 aliphatic rings. The molecule has 130 valence electrons. The zero-order valence-corrected chi connectivity index (χ0v) is 13.9. The summed E-state index contributed by atoms with van der Waals surface area (Å²) in [6, 6.07) is 16.4. The van der Waals surface area contributed by atoms with Crippen molar-refractivity contribution < 1.29 is 14.6 Å². The van der Waals surface area contributed by atoms with Gasteiger partial charge in [0, 0.05) is 5.69 Å². The zero-order chi connectivity index (χ0) is 17.9. The number of nitrogens with one attached hydrogen (secondary N) is 2. The zero-order valence-electron chi connectivity index (χ0n) is 13.9. The summed E-state index contributed by atoms with van der Waals surface area (Å²) >= 11 is 0. The second-order valence-electron chi connectivity index (χ2n) is 5.49. The van der Waals surface area contributed by atoms with E-state index >= 15 is 0 Å². The first kappa shape index (κ1) is 18.5. The molecule has 0 saturated heterocycles. The number of amides is 2. The number of rotatable bonds is 8. The Balaban J connectivity index is 1.78. The summed E-state index contributed by atoms with van der Waals surface area (Å²) < 4.78 is 5.70. The third-order valence-electron chi connectivity index (χ3n) is 3.52. The first-order valence-corrected chi connectivity index (χ1v) is 8.06. The van der Waals surface area contributed by atoms with E-state index in [1.54, 1.807) is 6.07 Å². The van der Waals surface area contributed by atoms with Gasteiger partial charge in [0.2, 0.25) is 0 Å². The predicted octanol–water partition coefficient (Wildman–Crippen LogP) is 2.56. The monoisotopic (exact) mass is 338 g/mol. The van der Waals surface area contributed by atoms with Crippen molar-refractivity contribution >= 4 is 11.7 Å². The molecular formula is C20H22N2O3. The van der Waals surface area contributed by atoms with Crippen LogP contribution >= 0.6 is 0 Å². The number of aliphatic hydroxyl groups excluding tert-OH is 1. The van der Waals surface area contributed by atoms with E-state index in [4.69, 9.17) is 16.3 Å². The smallest absolute Gasteiger partial charge is 0.320 e. The van der Waals surface area contributed by atoms with E-state index in [-0.39, 0.29) is 6.61 Å². The van der Waals surface area contributed by atoms with E-state index in [1.165, 1.54) is 5.56 Å². The molecule has 1 atom stereocenters. The van der Waals surface area contributed by atoms with Crippen molar-refractivity contribution in [1.29, 1.82) is 0 Å². The van der Waals surface area contributed by atoms with Crippen LogP contribution in [0.5, 0.6) is 0 Å². The summed E-state index contributed by atoms with van der Waals surface area (Å²) in [5.41, 5.74) is 2.83. The van der Waals surface area contributed by atoms with Crippen molar-refractivity contribution in [2.24, 2.45) is 0 Å². The van der Waals surface area contributed by atoms with E-state index in [0.29, 0.717) is 18.9 Å². The van der Waals surface area contributed by atoms with Crippen molar-refractivity contribution in [3.63, 3.8) is 0 Å². The van der Waals surface area contributed by atoms with Crippen LogP contribution in [0, 0.1) is 12.3 Å². The van der Waals surface area contributed by atoms with Gasteiger partial charge in [-0.05, 0) is 29.7 Å². The normalized spacial score (nSPS) is 11.4. The summed E-state index contributed by atoms with van der Waals surface area (Å²) in [5.74, 6) is 2.29. The SMILES string of the molecule is C#CC(CO)NC(=O)Nc1cccc(COCCc2ccccc2)c1. The Kier molecular flexibility index (Phi) is 7.51. The number of anilines is 1. The maximum atomic E-state index is 11.8. The molecule has 5 heteroatoms. The van der Waals surface area contributed by atoms with Crippen molar-refractivity contribution in [2.75, 3.05) is 18.5 Å². The van der Waals surface area contributed by atoms with Crippen LogP contribution in [0.3, 0.4) is 0 Å². The second kappa shape index (κ2) is 10.1. The number of ether oxygens (including phenoxy) is 1. The number of carbonyl (C=O) groups is 1. The molecular weight excluding hydrogens is 316 g/mol. The van der Waals surface area contributed by atoms with Gasteiger partial charge >= 0.3 is 6.03 Å². The summed E-state index contributed by atoms with van der Waals surface area (Å²) in [4.78, 5) is 11.8. The van der Waals surface area contributed by atoms with E-state index in [2.05, 4.69) is 28.7 Å². The fourth-order valence-electron chi connectivity index (χ4n) is 2.23. The average Bonchev–Trinajstić information content (AvgIpc) is 2.64. The van der Waals surface area contributed by atoms with Gasteiger partial charge < -0.3 is 20.5 Å². The molecule has 0 bridgehead atoms. The lowest BCUT2D eigenvalue weighted by molar-refractivity contribution is 0.124. The highest BCUT2D eigenvalue weighted by atomic mass is 16.5. The number of hydrogen-bond acceptors (Lipinski definition) is 3. The molecule has 0 aliphatic heterocycles. The Hall–Kier alpha value is -2.81. The fourth-order valence-corrected chi connectivity index (χ4v) is 2.23. The van der Waals surface area contributed by atoms with Crippen molar-refractivity contribution in [1.82, 2.24) is 5.32 Å². The van der Waals surface area contributed by atoms with E-state index in [9.17, 15) is 4.79 Å². The van der Waals surface area contributed by atoms with Crippen LogP contribution in [0.2, 0.25) is 0 Å². The van der Waals surface area contributed by atoms with Gasteiger partial charge in [-0.15, -0.1) is 6.42 Å². The highest BCUT2D eigenvalue weighted by Crippen LogP contribution is 2.12. The Morgan fingerprint density at radius 2 is 1.92 bits per heavy atom. The van der Waals surface area contributed by atoms with E-state index < -0.39 is 12.1 Å². The molecule has 0 saturated carbocycles. The minimum Gasteiger partial charge on any atom is -0.393 e. The summed E-state index contributed by atoms with van der Waals surface area (Å²) in [6.45, 7) is 0.787. The quantitative estimate of drug-likeness (QED) is 0.512. The van der Waals surface area contributed by atoms with E-state index in [0.717, 1.165) is 12.0 Å². The van der Waals surface area contributed by atoms with Gasteiger partial charge in [0.15, 0.2) is 0 Å². The lowest BCUT2D eigenvalue weighted by atomic mass is 10.2. The van der Waals surface area contributed by atoms with Gasteiger partial charge in [-0.1, -0.05) is 48.4 Å². The van der Waals surface area contributed by atoms with Crippen LogP contribution in [0.15, 0.2) is 54.6 Å². The predicted molar refractivity (Wildman–Crippen MR) is 98.1 cm³/mol. The lowest BCUT2D eigenvalue weighted by Gasteiger charge is -2.12. The number of hydrogen-bond donors (Lipinski definition) is 3. The minimum absolute atomic E-state index is 0.306. The molecule has 2 amide bonds. The molecule has 0 fully saturated rings. The van der Waals surface area contributed by atoms with Crippen LogP contribution in [-0.4, -0.2) is 30.4 Å². The Bertz CT molecular complexity index is 710. The number of benzene rings is 2. The Morgan fingerprint density at radius 3 is 2.64 bits per heavy atom. The molecule has 0 aliphatic carbocycles. The van der Waals surface area contributed by atoms with Gasteiger partial charge in [-0.2, -0.15) is 0 Å². The third-order valence-corrected chi connectivity index (χ3v) is 3.52. The summed E-state index contributed by atoms with van der Waals surface area (Å²) in [6.07, 6.45) is 6.05. The van der Waals surface area contributed by atoms with Crippen LogP contribution in [0.4, 0.5) is 10.5 Å². The van der Waals surface area contributed by atoms with Gasteiger partial charge in [0.05, 0.1) is 19.8 Å². The molecule has 3 N–H and O–H groups in total. The highest BCUT2D eigenvalue weighted by Gasteiger charge is 2.08. The molecule has 25 heavy (non-hydrogen) atoms. The molecule has 2 aromatic carbocycles. The number of aliphatic hydroxyl groups is 1. The number of terminal acetylenes is 1. The fraction of sp³-hybridized carbons (Fsp3) is 0.250. The minimum atomic E-state index is -0.704. The second-order valence-corrected chi connectivity index (χ2v) is 5.49. The summed E-state index contributed by atoms with van der Waals surface area (Å²) in [7, 11) is 0. The number of carbonyl (C=O) groups excluding carboxylic acids is 1. The third kappa shape index (κ3) is 6.68. The van der Waals surface area contributed by atoms with Gasteiger partial charge in [0.25, 0.3) is 0 Å². The molecule has 5 nitrogen and oxygen atoms in total. The average molecular weight is 338 g/mol. The largest absolute Gasteiger partial charge is 0.393 e. The van der Waals surface area contributed by atoms with Crippen molar-refractivity contribution in [3.05, 3.63) is 65.7 Å². The molecule has 1 unspecified atom stereocenters. The molecule has 0 spiro atoms. The van der Waals surface area contributed by atoms with Crippen molar-refractivity contribution in [2.45, 2.75) is 19.1 Å². The van der Waals surface area contributed by atoms with Crippen LogP contribution in [0.1, 0.15) is 11.1 Å². The Labute approximate surface area is 148 Å². The van der Waals surface area contributed by atoms with Gasteiger partial charge in [0.1, 0.15) is 6.04 Å². The maximum Gasteiger partial charge on any atom is 0.320 e. The topological polar surface area (TPSA) is 70.6 Å². The van der Waals surface area contributed by atoms with Crippen LogP contribution in [-0.2, 0) is 17.8 Å². The molecule has 0 heterocycles. The first-order valence-electron chi connectivity index (χ1n) is 8.06. The van der Waals surface area contributed by atoms with Crippen LogP contribution in [0.25, 0.3) is 0 Å². The highest BCUT2D eigenvalue weighted by molar-refractivity contribution is 5.89. The maximum absolute atomic E-state index is 11.8. The molecule has 0 aromatic heterocycles. The van der Waals surface area contributed by atoms with E-state index in [1.807, 2.05) is 36.4 Å². The standard InChI is InChI=1S/C20H22N2O3/c1-2-18(14-23)21-20(24)22-19-10-6-9-17(13-19)15-25-12-11-16-7-4-3-5-8-16/h1,3-10,13,18,23H,11-12,14-15H2,(H2,21,22,24). The van der Waals surface area contributed by atoms with Gasteiger partial charge in [-0.25, -0.2) is 4.79 Å². The Morgan fingerprint density at radius 1 is 1.16 bits per heavy atom. The molecule has 2 aromatic rings. The molecule has 0 radical (unpaired) electrons. The van der Waals surface area contributed by atoms with Gasteiger partial charge in [-0.3, -0.25) is 0 Å². The first-order chi connectivity index (χ1) is 12.2. The van der Waals surface area contributed by atoms with Crippen LogP contribution < -0.4 is 10.6 Å². The lowest BCUT2D eigenvalue weighted by Crippen LogP contribution is -2.39. The molecule has 2 rings (SSSR count). The number of urea groups is 1.